The largest absolute Gasteiger partial charge is 0.508 e. The molecule has 6 heteroatoms. The number of hydrogen-bond donors (Lipinski definition) is 3. The highest BCUT2D eigenvalue weighted by atomic mass is 16.4. The van der Waals surface area contributed by atoms with Gasteiger partial charge in [-0.3, -0.25) is 0 Å². The van der Waals surface area contributed by atoms with Gasteiger partial charge in [-0.1, -0.05) is 0 Å². The van der Waals surface area contributed by atoms with E-state index < -0.39 is 11.7 Å². The smallest absolute Gasteiger partial charge is 0.358 e. The number of rotatable bonds is 2. The molecule has 2 rings (SSSR count). The van der Waals surface area contributed by atoms with Crippen molar-refractivity contribution in [2.45, 2.75) is 0 Å². The lowest BCUT2D eigenvalue weighted by Crippen LogP contribution is -2.07. The van der Waals surface area contributed by atoms with E-state index in [4.69, 9.17) is 10.2 Å². The van der Waals surface area contributed by atoms with Crippen LogP contribution in [0.25, 0.3) is 5.69 Å². The fourth-order valence-electron chi connectivity index (χ4n) is 1.33. The van der Waals surface area contributed by atoms with Crippen molar-refractivity contribution in [3.8, 4) is 17.2 Å². The van der Waals surface area contributed by atoms with Crippen LogP contribution in [0.15, 0.2) is 30.5 Å². The summed E-state index contributed by atoms with van der Waals surface area (Å²) in [6.45, 7) is 0. The molecule has 0 saturated heterocycles. The molecule has 0 radical (unpaired) electrons. The molecule has 0 bridgehead atoms. The Morgan fingerprint density at radius 3 is 2.38 bits per heavy atom. The third-order valence-corrected chi connectivity index (χ3v) is 2.05. The van der Waals surface area contributed by atoms with Crippen molar-refractivity contribution >= 4 is 5.97 Å². The first-order valence-corrected chi connectivity index (χ1v) is 4.39. The van der Waals surface area contributed by atoms with Crippen molar-refractivity contribution in [2.75, 3.05) is 0 Å². The number of carbonyl (C=O) groups is 1. The number of phenolic OH excluding ortho intramolecular Hbond substituents is 1. The molecule has 0 unspecified atom stereocenters. The van der Waals surface area contributed by atoms with E-state index in [2.05, 4.69) is 5.10 Å². The molecule has 0 atom stereocenters. The zero-order valence-corrected chi connectivity index (χ0v) is 8.03. The van der Waals surface area contributed by atoms with Crippen molar-refractivity contribution in [3.63, 3.8) is 0 Å². The van der Waals surface area contributed by atoms with Crippen LogP contribution in [0, 0.1) is 0 Å². The third kappa shape index (κ3) is 1.56. The Morgan fingerprint density at radius 1 is 1.19 bits per heavy atom. The molecule has 16 heavy (non-hydrogen) atoms. The lowest BCUT2D eigenvalue weighted by atomic mass is 10.3. The number of hydrogen-bond acceptors (Lipinski definition) is 4. The Morgan fingerprint density at radius 2 is 1.81 bits per heavy atom. The fraction of sp³-hybridized carbons (Fsp3) is 0. The van der Waals surface area contributed by atoms with Gasteiger partial charge in [0.2, 0.25) is 0 Å². The summed E-state index contributed by atoms with van der Waals surface area (Å²) in [5.41, 5.74) is 0.126. The number of nitrogens with zero attached hydrogens (tertiary/aromatic N) is 2. The minimum Gasteiger partial charge on any atom is -0.508 e. The highest BCUT2D eigenvalue weighted by molar-refractivity contribution is 5.89. The maximum atomic E-state index is 10.9. The maximum Gasteiger partial charge on any atom is 0.358 e. The van der Waals surface area contributed by atoms with Gasteiger partial charge in [0.1, 0.15) is 5.75 Å². The predicted octanol–water partition coefficient (Wildman–Crippen LogP) is 0.982. The van der Waals surface area contributed by atoms with E-state index in [9.17, 15) is 9.90 Å². The Bertz CT molecular complexity index is 530. The SMILES string of the molecule is O=C(O)c1c(O)cnn1-c1ccc(O)cc1. The number of aromatic hydroxyl groups is 2. The molecule has 1 aromatic carbocycles. The van der Waals surface area contributed by atoms with Gasteiger partial charge in [0, 0.05) is 0 Å². The summed E-state index contributed by atoms with van der Waals surface area (Å²) >= 11 is 0. The Labute approximate surface area is 90.0 Å². The van der Waals surface area contributed by atoms with E-state index in [-0.39, 0.29) is 11.4 Å². The van der Waals surface area contributed by atoms with Crippen LogP contribution >= 0.6 is 0 Å². The van der Waals surface area contributed by atoms with E-state index in [1.54, 1.807) is 0 Å². The zero-order valence-electron chi connectivity index (χ0n) is 8.03. The molecule has 6 nitrogen and oxygen atoms in total. The van der Waals surface area contributed by atoms with Crippen LogP contribution in [0.5, 0.6) is 11.5 Å². The van der Waals surface area contributed by atoms with Crippen molar-refractivity contribution < 1.29 is 20.1 Å². The molecule has 2 aromatic rings. The number of benzene rings is 1. The van der Waals surface area contributed by atoms with Gasteiger partial charge in [0.25, 0.3) is 0 Å². The molecular formula is C10H8N2O4. The zero-order chi connectivity index (χ0) is 11.7. The van der Waals surface area contributed by atoms with Gasteiger partial charge >= 0.3 is 5.97 Å². The van der Waals surface area contributed by atoms with Gasteiger partial charge < -0.3 is 15.3 Å². The Kier molecular flexibility index (Phi) is 2.24. The lowest BCUT2D eigenvalue weighted by molar-refractivity contribution is 0.0684. The number of carboxylic acids is 1. The molecule has 0 aliphatic rings. The average Bonchev–Trinajstić information content (AvgIpc) is 2.61. The van der Waals surface area contributed by atoms with E-state index in [1.165, 1.54) is 24.3 Å². The third-order valence-electron chi connectivity index (χ3n) is 2.05. The molecule has 0 spiro atoms. The molecule has 0 aliphatic carbocycles. The van der Waals surface area contributed by atoms with E-state index in [0.717, 1.165) is 10.9 Å². The van der Waals surface area contributed by atoms with Crippen molar-refractivity contribution in [3.05, 3.63) is 36.2 Å². The second-order valence-electron chi connectivity index (χ2n) is 3.11. The monoisotopic (exact) mass is 220 g/mol. The van der Waals surface area contributed by atoms with E-state index in [0.29, 0.717) is 5.69 Å². The van der Waals surface area contributed by atoms with Crippen molar-refractivity contribution in [1.29, 1.82) is 0 Å². The summed E-state index contributed by atoms with van der Waals surface area (Å²) in [6.07, 6.45) is 1.05. The van der Waals surface area contributed by atoms with Crippen LogP contribution in [0.4, 0.5) is 0 Å². The van der Waals surface area contributed by atoms with E-state index in [1.807, 2.05) is 0 Å². The van der Waals surface area contributed by atoms with Crippen LogP contribution in [-0.4, -0.2) is 31.1 Å². The standard InChI is InChI=1S/C10H8N2O4/c13-7-3-1-6(2-4-7)12-9(10(15)16)8(14)5-11-12/h1-5,13-14H,(H,15,16). The molecule has 0 saturated carbocycles. The first kappa shape index (κ1) is 10.0. The van der Waals surface area contributed by atoms with Gasteiger partial charge in [0.15, 0.2) is 11.4 Å². The minimum absolute atomic E-state index is 0.0667. The van der Waals surface area contributed by atoms with Gasteiger partial charge in [0.05, 0.1) is 11.9 Å². The first-order chi connectivity index (χ1) is 7.59. The number of aromatic carboxylic acids is 1. The van der Waals surface area contributed by atoms with Crippen LogP contribution in [0.3, 0.4) is 0 Å². The normalized spacial score (nSPS) is 10.2. The Hall–Kier alpha value is -2.50. The average molecular weight is 220 g/mol. The number of aromatic nitrogens is 2. The fourth-order valence-corrected chi connectivity index (χ4v) is 1.33. The molecule has 82 valence electrons. The van der Waals surface area contributed by atoms with Crippen LogP contribution in [0.1, 0.15) is 10.5 Å². The molecule has 1 heterocycles. The van der Waals surface area contributed by atoms with Crippen LogP contribution in [0.2, 0.25) is 0 Å². The number of carboxylic acid groups (broad SMARTS) is 1. The summed E-state index contributed by atoms with van der Waals surface area (Å²) in [6, 6.07) is 5.79. The highest BCUT2D eigenvalue weighted by Crippen LogP contribution is 2.21. The van der Waals surface area contributed by atoms with Crippen molar-refractivity contribution in [2.24, 2.45) is 0 Å². The maximum absolute atomic E-state index is 10.9. The van der Waals surface area contributed by atoms with E-state index >= 15 is 0 Å². The topological polar surface area (TPSA) is 95.6 Å². The first-order valence-electron chi connectivity index (χ1n) is 4.39. The van der Waals surface area contributed by atoms with Crippen LogP contribution < -0.4 is 0 Å². The van der Waals surface area contributed by atoms with Gasteiger partial charge in [-0.25, -0.2) is 9.48 Å². The molecule has 0 amide bonds. The Balaban J connectivity index is 2.56. The number of phenols is 1. The predicted molar refractivity (Wildman–Crippen MR) is 53.9 cm³/mol. The highest BCUT2D eigenvalue weighted by Gasteiger charge is 2.18. The molecule has 0 fully saturated rings. The second-order valence-corrected chi connectivity index (χ2v) is 3.11. The molecule has 3 N–H and O–H groups in total. The molecule has 0 aliphatic heterocycles. The van der Waals surface area contributed by atoms with Gasteiger partial charge in [-0.2, -0.15) is 5.10 Å². The summed E-state index contributed by atoms with van der Waals surface area (Å²) < 4.78 is 1.08. The van der Waals surface area contributed by atoms with Gasteiger partial charge in [-0.05, 0) is 24.3 Å². The minimum atomic E-state index is -1.27. The quantitative estimate of drug-likeness (QED) is 0.701. The second kappa shape index (κ2) is 3.58. The summed E-state index contributed by atoms with van der Waals surface area (Å²) in [7, 11) is 0. The van der Waals surface area contributed by atoms with Crippen LogP contribution in [-0.2, 0) is 0 Å². The lowest BCUT2D eigenvalue weighted by Gasteiger charge is -2.04. The summed E-state index contributed by atoms with van der Waals surface area (Å²) in [5.74, 6) is -1.61. The van der Waals surface area contributed by atoms with Gasteiger partial charge in [-0.15, -0.1) is 0 Å². The summed E-state index contributed by atoms with van der Waals surface area (Å²) in [4.78, 5) is 10.9. The van der Waals surface area contributed by atoms with Crippen molar-refractivity contribution in [1.82, 2.24) is 9.78 Å². The summed E-state index contributed by atoms with van der Waals surface area (Å²) in [5, 5.41) is 31.0. The molecule has 1 aromatic heterocycles. The molecular weight excluding hydrogens is 212 g/mol.